The van der Waals surface area contributed by atoms with Crippen LogP contribution >= 0.6 is 0 Å². The van der Waals surface area contributed by atoms with Gasteiger partial charge < -0.3 is 31.2 Å². The molecule has 2 aromatic heterocycles. The fourth-order valence-corrected chi connectivity index (χ4v) is 7.93. The van der Waals surface area contributed by atoms with Gasteiger partial charge in [-0.15, -0.1) is 0 Å². The van der Waals surface area contributed by atoms with Crippen molar-refractivity contribution in [3.05, 3.63) is 72.6 Å². The van der Waals surface area contributed by atoms with Crippen LogP contribution in [0.4, 0.5) is 0 Å². The Balaban J connectivity index is 0.943. The number of benzene rings is 2. The van der Waals surface area contributed by atoms with Crippen LogP contribution in [0.1, 0.15) is 77.1 Å². The van der Waals surface area contributed by atoms with Gasteiger partial charge in [-0.1, -0.05) is 76.2 Å². The Bertz CT molecular complexity index is 1690. The van der Waals surface area contributed by atoms with Crippen molar-refractivity contribution in [1.82, 2.24) is 29.7 Å². The SMILES string of the molecule is CC(C)C(N)C(=O)N1[C@@H]2C[C@@H]2C[C@H]1c1nc(-c2ccc(-c3ccc(-c4cnc([C@@H]5C[C@H]6C[C@H]6N5C(=O)[C@@H](N)C(C)C)[nH]4)cc3)cc2)c[nH]1. The second-order valence-electron chi connectivity index (χ2n) is 15.2. The zero-order valence-electron chi connectivity index (χ0n) is 28.1. The number of likely N-dealkylation sites (tertiary alicyclic amines) is 2. The van der Waals surface area contributed by atoms with Crippen LogP contribution in [0.25, 0.3) is 33.6 Å². The van der Waals surface area contributed by atoms with Crippen LogP contribution in [0.2, 0.25) is 0 Å². The largest absolute Gasteiger partial charge is 0.346 e. The molecule has 2 aliphatic carbocycles. The zero-order chi connectivity index (χ0) is 33.4. The number of fused-ring (bicyclic) bond motifs is 2. The van der Waals surface area contributed by atoms with Gasteiger partial charge in [-0.05, 0) is 66.0 Å². The number of aromatic nitrogens is 4. The highest BCUT2D eigenvalue weighted by Crippen LogP contribution is 2.54. The second-order valence-corrected chi connectivity index (χ2v) is 15.2. The first kappa shape index (κ1) is 31.0. The molecule has 4 aliphatic rings. The number of rotatable bonds is 9. The molecule has 1 unspecified atom stereocenters. The van der Waals surface area contributed by atoms with Gasteiger partial charge in [0.05, 0.1) is 41.8 Å². The van der Waals surface area contributed by atoms with E-state index in [0.29, 0.717) is 23.9 Å². The quantitative estimate of drug-likeness (QED) is 0.191. The van der Waals surface area contributed by atoms with Crippen molar-refractivity contribution in [2.45, 2.75) is 89.6 Å². The molecular weight excluding hydrogens is 600 g/mol. The van der Waals surface area contributed by atoms with E-state index in [4.69, 9.17) is 21.4 Å². The normalized spacial score (nSPS) is 26.9. The van der Waals surface area contributed by atoms with Crippen LogP contribution in [0.15, 0.2) is 60.9 Å². The maximum absolute atomic E-state index is 13.2. The average Bonchev–Trinajstić information content (AvgIpc) is 3.69. The van der Waals surface area contributed by atoms with Gasteiger partial charge >= 0.3 is 0 Å². The number of H-pyrrole nitrogens is 2. The maximum atomic E-state index is 13.2. The van der Waals surface area contributed by atoms with Crippen molar-refractivity contribution in [3.8, 4) is 33.6 Å². The molecule has 250 valence electrons. The fraction of sp³-hybridized carbons (Fsp3) is 0.474. The number of piperidine rings is 2. The monoisotopic (exact) mass is 646 g/mol. The number of carbonyl (C=O) groups excluding carboxylic acids is 2. The molecule has 0 spiro atoms. The smallest absolute Gasteiger partial charge is 0.240 e. The summed E-state index contributed by atoms with van der Waals surface area (Å²) < 4.78 is 0. The van der Waals surface area contributed by atoms with Crippen LogP contribution in [0, 0.1) is 23.7 Å². The lowest BCUT2D eigenvalue weighted by molar-refractivity contribution is -0.136. The Morgan fingerprint density at radius 2 is 1.19 bits per heavy atom. The van der Waals surface area contributed by atoms with E-state index in [1.54, 1.807) is 0 Å². The molecule has 2 aromatic carbocycles. The molecule has 2 saturated heterocycles. The van der Waals surface area contributed by atoms with Crippen LogP contribution in [0.3, 0.4) is 0 Å². The lowest BCUT2D eigenvalue weighted by Gasteiger charge is -2.30. The summed E-state index contributed by atoms with van der Waals surface area (Å²) in [6.45, 7) is 7.99. The lowest BCUT2D eigenvalue weighted by Crippen LogP contribution is -2.47. The second kappa shape index (κ2) is 11.7. The molecule has 10 nitrogen and oxygen atoms in total. The molecule has 2 amide bonds. The minimum absolute atomic E-state index is 0.0385. The van der Waals surface area contributed by atoms with Gasteiger partial charge in [0.2, 0.25) is 11.8 Å². The molecule has 0 radical (unpaired) electrons. The molecule has 8 atom stereocenters. The molecule has 10 heteroatoms. The summed E-state index contributed by atoms with van der Waals surface area (Å²) in [6, 6.07) is 16.4. The highest BCUT2D eigenvalue weighted by atomic mass is 16.2. The maximum Gasteiger partial charge on any atom is 0.240 e. The Labute approximate surface area is 281 Å². The molecule has 0 bridgehead atoms. The first-order valence-corrected chi connectivity index (χ1v) is 17.6. The van der Waals surface area contributed by atoms with E-state index in [-0.39, 0.29) is 35.7 Å². The van der Waals surface area contributed by atoms with Gasteiger partial charge in [0.15, 0.2) is 0 Å². The summed E-state index contributed by atoms with van der Waals surface area (Å²) in [7, 11) is 0. The Morgan fingerprint density at radius 3 is 1.71 bits per heavy atom. The van der Waals surface area contributed by atoms with E-state index in [0.717, 1.165) is 71.0 Å². The minimum atomic E-state index is -0.487. The van der Waals surface area contributed by atoms with Gasteiger partial charge in [-0.2, -0.15) is 0 Å². The summed E-state index contributed by atoms with van der Waals surface area (Å²) in [6.07, 6.45) is 7.83. The predicted octanol–water partition coefficient (Wildman–Crippen LogP) is 5.42. The summed E-state index contributed by atoms with van der Waals surface area (Å²) in [4.78, 5) is 47.0. The van der Waals surface area contributed by atoms with Crippen molar-refractivity contribution in [3.63, 3.8) is 0 Å². The first-order chi connectivity index (χ1) is 23.1. The van der Waals surface area contributed by atoms with Gasteiger partial charge in [-0.25, -0.2) is 9.97 Å². The summed E-state index contributed by atoms with van der Waals surface area (Å²) >= 11 is 0. The minimum Gasteiger partial charge on any atom is -0.346 e. The molecule has 6 N–H and O–H groups in total. The molecule has 4 aromatic rings. The molecular formula is C38H46N8O2. The number of carbonyl (C=O) groups is 2. The number of nitrogens with zero attached hydrogens (tertiary/aromatic N) is 4. The molecule has 4 heterocycles. The number of nitrogens with one attached hydrogen (secondary N) is 2. The Kier molecular flexibility index (Phi) is 7.56. The van der Waals surface area contributed by atoms with E-state index in [1.807, 2.05) is 49.9 Å². The standard InChI is InChI=1S/C38H46N8O2/c1-19(2)33(39)37(47)45-29-13-25(29)15-31(45)35-41-17-27(43-35)23-9-5-21(6-10-23)22-7-11-24(12-8-22)28-18-42-36(44-28)32-16-26-14-30(26)46(32)38(48)34(40)20(3)4/h5-12,17-20,25-26,29-34H,13-16,39-40H2,1-4H3,(H,41,43)(H,42,44)/t25-,26-,29-,30-,31+,32+,33+,34?/m1/s1. The van der Waals surface area contributed by atoms with Crippen molar-refractivity contribution in [2.75, 3.05) is 0 Å². The summed E-state index contributed by atoms with van der Waals surface area (Å²) in [5.41, 5.74) is 18.7. The van der Waals surface area contributed by atoms with Gasteiger partial charge in [0.25, 0.3) is 0 Å². The number of hydrogen-bond acceptors (Lipinski definition) is 6. The third-order valence-electron chi connectivity index (χ3n) is 11.3. The number of imidazole rings is 2. The van der Waals surface area contributed by atoms with Crippen molar-refractivity contribution < 1.29 is 9.59 Å². The Morgan fingerprint density at radius 1 is 0.708 bits per heavy atom. The third-order valence-corrected chi connectivity index (χ3v) is 11.3. The van der Waals surface area contributed by atoms with Crippen molar-refractivity contribution >= 4 is 11.8 Å². The highest BCUT2D eigenvalue weighted by molar-refractivity contribution is 5.84. The van der Waals surface area contributed by atoms with E-state index in [2.05, 4.69) is 58.5 Å². The molecule has 48 heavy (non-hydrogen) atoms. The fourth-order valence-electron chi connectivity index (χ4n) is 7.93. The summed E-state index contributed by atoms with van der Waals surface area (Å²) in [5.74, 6) is 3.07. The van der Waals surface area contributed by atoms with Gasteiger partial charge in [-0.3, -0.25) is 9.59 Å². The predicted molar refractivity (Wildman–Crippen MR) is 185 cm³/mol. The van der Waals surface area contributed by atoms with Gasteiger partial charge in [0.1, 0.15) is 11.6 Å². The number of amides is 2. The number of aromatic amines is 2. The van der Waals surface area contributed by atoms with Crippen LogP contribution < -0.4 is 11.5 Å². The molecule has 4 fully saturated rings. The van der Waals surface area contributed by atoms with Crippen LogP contribution in [-0.4, -0.2) is 65.7 Å². The van der Waals surface area contributed by atoms with Crippen LogP contribution in [0.5, 0.6) is 0 Å². The van der Waals surface area contributed by atoms with Gasteiger partial charge in [0, 0.05) is 23.8 Å². The van der Waals surface area contributed by atoms with E-state index in [9.17, 15) is 9.59 Å². The van der Waals surface area contributed by atoms with E-state index in [1.165, 1.54) is 0 Å². The van der Waals surface area contributed by atoms with E-state index >= 15 is 0 Å². The topological polar surface area (TPSA) is 150 Å². The first-order valence-electron chi connectivity index (χ1n) is 17.6. The average molecular weight is 647 g/mol. The van der Waals surface area contributed by atoms with Crippen molar-refractivity contribution in [1.29, 1.82) is 0 Å². The third kappa shape index (κ3) is 5.35. The molecule has 2 saturated carbocycles. The summed E-state index contributed by atoms with van der Waals surface area (Å²) in [5, 5.41) is 0. The van der Waals surface area contributed by atoms with Crippen molar-refractivity contribution in [2.24, 2.45) is 35.1 Å². The van der Waals surface area contributed by atoms with E-state index < -0.39 is 12.1 Å². The zero-order valence-corrected chi connectivity index (χ0v) is 28.1. The number of nitrogens with two attached hydrogens (primary N) is 2. The van der Waals surface area contributed by atoms with Crippen LogP contribution in [-0.2, 0) is 9.59 Å². The lowest BCUT2D eigenvalue weighted by atomic mass is 10.0. The molecule has 8 rings (SSSR count). The highest BCUT2D eigenvalue weighted by Gasteiger charge is 2.57. The number of hydrogen-bond donors (Lipinski definition) is 4. The molecule has 2 aliphatic heterocycles. The Hall–Kier alpha value is -4.28.